The van der Waals surface area contributed by atoms with E-state index in [0.29, 0.717) is 19.5 Å². The highest BCUT2D eigenvalue weighted by Crippen LogP contribution is 2.39. The first-order chi connectivity index (χ1) is 24.1. The van der Waals surface area contributed by atoms with Gasteiger partial charge < -0.3 is 25.2 Å². The van der Waals surface area contributed by atoms with Crippen molar-refractivity contribution in [2.75, 3.05) is 13.1 Å². The molecule has 1 aliphatic heterocycles. The Balaban J connectivity index is 1.26. The molecule has 5 aromatic rings. The van der Waals surface area contributed by atoms with Gasteiger partial charge in [0.15, 0.2) is 6.29 Å². The van der Waals surface area contributed by atoms with E-state index >= 15 is 0 Å². The number of nitrogens with zero attached hydrogens (tertiary/aromatic N) is 1. The first kappa shape index (κ1) is 34.1. The lowest BCUT2D eigenvalue weighted by Gasteiger charge is -2.38. The van der Waals surface area contributed by atoms with E-state index in [4.69, 9.17) is 9.47 Å². The van der Waals surface area contributed by atoms with E-state index in [9.17, 15) is 9.90 Å². The van der Waals surface area contributed by atoms with Crippen LogP contribution in [-0.2, 0) is 35.7 Å². The number of hydrogen-bond donors (Lipinski definition) is 3. The molecule has 0 saturated carbocycles. The number of rotatable bonds is 13. The molecule has 0 spiro atoms. The number of hydrogen-bond acceptors (Lipinski definition) is 5. The van der Waals surface area contributed by atoms with Crippen molar-refractivity contribution in [2.24, 2.45) is 0 Å². The van der Waals surface area contributed by atoms with Gasteiger partial charge in [0, 0.05) is 44.7 Å². The number of aliphatic hydroxyl groups excluding tert-OH is 1. The van der Waals surface area contributed by atoms with Crippen LogP contribution >= 0.6 is 0 Å². The number of amides is 2. The van der Waals surface area contributed by atoms with Gasteiger partial charge in [-0.3, -0.25) is 4.90 Å². The van der Waals surface area contributed by atoms with Gasteiger partial charge in [-0.05, 0) is 58.0 Å². The first-order valence-corrected chi connectivity index (χ1v) is 17.1. The number of urea groups is 1. The Morgan fingerprint density at radius 2 is 1.33 bits per heavy atom. The molecule has 0 bridgehead atoms. The summed E-state index contributed by atoms with van der Waals surface area (Å²) in [4.78, 5) is 14.4. The minimum atomic E-state index is -0.570. The van der Waals surface area contributed by atoms with Crippen LogP contribution < -0.4 is 10.6 Å². The third-order valence-corrected chi connectivity index (χ3v) is 8.78. The van der Waals surface area contributed by atoms with E-state index in [0.717, 1.165) is 53.0 Å². The van der Waals surface area contributed by atoms with E-state index in [1.807, 2.05) is 37.3 Å². The summed E-state index contributed by atoms with van der Waals surface area (Å²) in [5.74, 6) is 0. The molecule has 0 radical (unpaired) electrons. The predicted molar refractivity (Wildman–Crippen MR) is 193 cm³/mol. The lowest BCUT2D eigenvalue weighted by molar-refractivity contribution is -0.253. The highest BCUT2D eigenvalue weighted by Gasteiger charge is 2.33. The predicted octanol–water partition coefficient (Wildman–Crippen LogP) is 7.91. The molecule has 49 heavy (non-hydrogen) atoms. The van der Waals surface area contributed by atoms with Crippen molar-refractivity contribution in [3.05, 3.63) is 167 Å². The van der Waals surface area contributed by atoms with Crippen LogP contribution in [-0.4, -0.2) is 35.2 Å². The van der Waals surface area contributed by atoms with Gasteiger partial charge in [0.25, 0.3) is 0 Å². The smallest absolute Gasteiger partial charge is 0.315 e. The van der Waals surface area contributed by atoms with Gasteiger partial charge in [0.2, 0.25) is 0 Å². The largest absolute Gasteiger partial charge is 0.392 e. The Bertz CT molecular complexity index is 1720. The fourth-order valence-corrected chi connectivity index (χ4v) is 6.32. The zero-order chi connectivity index (χ0) is 33.8. The maximum atomic E-state index is 12.0. The SMILES string of the molecule is CCNC(=O)NCc1cccc(-c2cccc([C@@H]3O[C@H](CN(Cc4ccccc4)Cc4ccccc4)C[C@H](c4ccc(CO)cc4)O3)c2)c1. The molecule has 7 heteroatoms. The molecule has 1 aliphatic rings. The minimum Gasteiger partial charge on any atom is -0.392 e. The molecule has 2 amide bonds. The minimum absolute atomic E-state index is 0.00406. The second-order valence-corrected chi connectivity index (χ2v) is 12.5. The normalized spacial score (nSPS) is 17.5. The van der Waals surface area contributed by atoms with Crippen LogP contribution in [0.4, 0.5) is 4.79 Å². The summed E-state index contributed by atoms with van der Waals surface area (Å²) in [6, 6.07) is 45.6. The molecule has 0 aromatic heterocycles. The van der Waals surface area contributed by atoms with Crippen molar-refractivity contribution in [3.8, 4) is 11.1 Å². The Kier molecular flexibility index (Phi) is 11.9. The molecule has 5 aromatic carbocycles. The Hall–Kier alpha value is -4.79. The van der Waals surface area contributed by atoms with Crippen LogP contribution in [0.15, 0.2) is 133 Å². The molecule has 6 rings (SSSR count). The van der Waals surface area contributed by atoms with Crippen molar-refractivity contribution in [1.29, 1.82) is 0 Å². The van der Waals surface area contributed by atoms with E-state index < -0.39 is 6.29 Å². The fraction of sp³-hybridized carbons (Fsp3) is 0.262. The molecule has 0 aliphatic carbocycles. The second kappa shape index (κ2) is 17.0. The van der Waals surface area contributed by atoms with Crippen molar-refractivity contribution in [3.63, 3.8) is 0 Å². The van der Waals surface area contributed by atoms with Crippen LogP contribution in [0.3, 0.4) is 0 Å². The molecule has 3 N–H and O–H groups in total. The second-order valence-electron chi connectivity index (χ2n) is 12.5. The van der Waals surface area contributed by atoms with Crippen LogP contribution in [0.2, 0.25) is 0 Å². The highest BCUT2D eigenvalue weighted by molar-refractivity contribution is 5.74. The summed E-state index contributed by atoms with van der Waals surface area (Å²) in [6.07, 6.45) is -0.144. The summed E-state index contributed by atoms with van der Waals surface area (Å²) >= 11 is 0. The van der Waals surface area contributed by atoms with Crippen LogP contribution in [0.25, 0.3) is 11.1 Å². The summed E-state index contributed by atoms with van der Waals surface area (Å²) in [7, 11) is 0. The van der Waals surface area contributed by atoms with Gasteiger partial charge >= 0.3 is 6.03 Å². The summed E-state index contributed by atoms with van der Waals surface area (Å²) in [6.45, 7) is 5.26. The summed E-state index contributed by atoms with van der Waals surface area (Å²) in [5, 5.41) is 15.3. The average molecular weight is 656 g/mol. The number of nitrogens with one attached hydrogen (secondary N) is 2. The van der Waals surface area contributed by atoms with Crippen molar-refractivity contribution in [1.82, 2.24) is 15.5 Å². The molecule has 7 nitrogen and oxygen atoms in total. The Morgan fingerprint density at radius 3 is 1.98 bits per heavy atom. The molecule has 0 unspecified atom stereocenters. The molecule has 252 valence electrons. The topological polar surface area (TPSA) is 83.1 Å². The molecular formula is C42H45N3O4. The van der Waals surface area contributed by atoms with E-state index in [2.05, 4.69) is 119 Å². The van der Waals surface area contributed by atoms with Crippen molar-refractivity contribution < 1.29 is 19.4 Å². The van der Waals surface area contributed by atoms with Gasteiger partial charge in [0.05, 0.1) is 18.8 Å². The van der Waals surface area contributed by atoms with E-state index in [-0.39, 0.29) is 24.8 Å². The Morgan fingerprint density at radius 1 is 0.694 bits per heavy atom. The zero-order valence-electron chi connectivity index (χ0n) is 28.0. The number of carbonyl (C=O) groups excluding carboxylic acids is 1. The average Bonchev–Trinajstić information content (AvgIpc) is 3.15. The van der Waals surface area contributed by atoms with Crippen molar-refractivity contribution in [2.45, 2.75) is 58.1 Å². The monoisotopic (exact) mass is 655 g/mol. The molecule has 1 fully saturated rings. The van der Waals surface area contributed by atoms with Crippen LogP contribution in [0.1, 0.15) is 59.1 Å². The number of benzene rings is 5. The Labute approximate surface area is 289 Å². The van der Waals surface area contributed by atoms with Gasteiger partial charge in [0.1, 0.15) is 0 Å². The standard InChI is InChI=1S/C42H45N3O4/c1-2-43-42(47)44-26-34-15-9-16-36(23-34)37-17-10-18-38(24-37)41-48-39(25-40(49-41)35-21-19-33(30-46)20-22-35)29-45(27-31-11-5-3-6-12-31)28-32-13-7-4-8-14-32/h3-24,39-41,46H,2,25-30H2,1H3,(H2,43,44,47)/t39-,40+,41+/m0/s1. The van der Waals surface area contributed by atoms with Gasteiger partial charge in [-0.1, -0.05) is 121 Å². The van der Waals surface area contributed by atoms with E-state index in [1.54, 1.807) is 0 Å². The third kappa shape index (κ3) is 9.65. The molecule has 3 atom stereocenters. The molecule has 1 heterocycles. The van der Waals surface area contributed by atoms with Gasteiger partial charge in [-0.25, -0.2) is 4.79 Å². The van der Waals surface area contributed by atoms with Gasteiger partial charge in [-0.2, -0.15) is 0 Å². The fourth-order valence-electron chi connectivity index (χ4n) is 6.32. The lowest BCUT2D eigenvalue weighted by Crippen LogP contribution is -2.39. The quantitative estimate of drug-likeness (QED) is 0.120. The molecule has 1 saturated heterocycles. The number of aliphatic hydroxyl groups is 1. The van der Waals surface area contributed by atoms with Gasteiger partial charge in [-0.15, -0.1) is 0 Å². The first-order valence-electron chi connectivity index (χ1n) is 17.1. The summed E-state index contributed by atoms with van der Waals surface area (Å²) < 4.78 is 13.5. The number of carbonyl (C=O) groups is 1. The highest BCUT2D eigenvalue weighted by atomic mass is 16.7. The molecular weight excluding hydrogens is 610 g/mol. The summed E-state index contributed by atoms with van der Waals surface area (Å²) in [5.41, 5.74) is 8.52. The zero-order valence-corrected chi connectivity index (χ0v) is 28.0. The third-order valence-electron chi connectivity index (χ3n) is 8.78. The lowest BCUT2D eigenvalue weighted by atomic mass is 9.98. The maximum Gasteiger partial charge on any atom is 0.315 e. The van der Waals surface area contributed by atoms with Crippen LogP contribution in [0.5, 0.6) is 0 Å². The number of ether oxygens (including phenoxy) is 2. The van der Waals surface area contributed by atoms with E-state index in [1.165, 1.54) is 11.1 Å². The van der Waals surface area contributed by atoms with Crippen molar-refractivity contribution >= 4 is 6.03 Å². The van der Waals surface area contributed by atoms with Crippen LogP contribution in [0, 0.1) is 0 Å². The maximum absolute atomic E-state index is 12.0.